The molecule has 0 saturated carbocycles. The maximum Gasteiger partial charge on any atom is 0.362 e. The van der Waals surface area contributed by atoms with Crippen LogP contribution < -0.4 is 21.8 Å². The van der Waals surface area contributed by atoms with Crippen LogP contribution in [-0.4, -0.2) is 101 Å². The third-order valence-corrected chi connectivity index (χ3v) is 7.67. The Morgan fingerprint density at radius 3 is 2.56 bits per heavy atom. The van der Waals surface area contributed by atoms with Gasteiger partial charge in [-0.05, 0) is 13.8 Å². The Kier molecular flexibility index (Phi) is 8.53. The molecular formula is C22H22N8O13S2. The van der Waals surface area contributed by atoms with E-state index in [0.717, 1.165) is 37.3 Å². The van der Waals surface area contributed by atoms with Crippen LogP contribution in [0.3, 0.4) is 0 Å². The number of thiazole rings is 1. The highest BCUT2D eigenvalue weighted by molar-refractivity contribution is 7.84. The molecule has 3 aromatic heterocycles. The molecule has 0 bridgehead atoms. The fourth-order valence-electron chi connectivity index (χ4n) is 3.66. The Bertz CT molecular complexity index is 1900. The predicted octanol–water partition coefficient (Wildman–Crippen LogP) is -2.00. The van der Waals surface area contributed by atoms with Gasteiger partial charge in [-0.15, -0.1) is 11.3 Å². The van der Waals surface area contributed by atoms with E-state index in [4.69, 9.17) is 15.1 Å². The van der Waals surface area contributed by atoms with E-state index in [1.165, 1.54) is 5.38 Å². The van der Waals surface area contributed by atoms with Crippen LogP contribution in [0.1, 0.15) is 30.1 Å². The molecule has 3 aromatic rings. The lowest BCUT2D eigenvalue weighted by Gasteiger charge is -2.44. The number of carbonyl (C=O) groups is 4. The van der Waals surface area contributed by atoms with Crippen molar-refractivity contribution in [3.63, 3.8) is 0 Å². The zero-order valence-electron chi connectivity index (χ0n) is 22.8. The molecule has 45 heavy (non-hydrogen) atoms. The molecule has 0 unspecified atom stereocenters. The summed E-state index contributed by atoms with van der Waals surface area (Å²) < 4.78 is 38.5. The van der Waals surface area contributed by atoms with Crippen molar-refractivity contribution < 1.29 is 56.9 Å². The van der Waals surface area contributed by atoms with Crippen molar-refractivity contribution in [2.75, 3.05) is 12.3 Å². The second kappa shape index (κ2) is 11.9. The number of aromatic hydroxyl groups is 1. The molecule has 1 fully saturated rings. The number of carboxylic acid groups (broad SMARTS) is 1. The number of carboxylic acids is 1. The van der Waals surface area contributed by atoms with Crippen LogP contribution in [0.4, 0.5) is 5.13 Å². The average molecular weight is 671 g/mol. The van der Waals surface area contributed by atoms with Crippen molar-refractivity contribution in [3.05, 3.63) is 45.4 Å². The molecule has 4 rings (SSSR count). The topological polar surface area (TPSA) is 319 Å². The van der Waals surface area contributed by atoms with E-state index in [0.29, 0.717) is 10.9 Å². The molecule has 1 aliphatic rings. The van der Waals surface area contributed by atoms with E-state index in [-0.39, 0.29) is 26.5 Å². The van der Waals surface area contributed by atoms with E-state index < -0.39 is 80.9 Å². The summed E-state index contributed by atoms with van der Waals surface area (Å²) in [6, 6.07) is -1.49. The fourth-order valence-corrected chi connectivity index (χ4v) is 5.09. The minimum absolute atomic E-state index is 0.00732. The molecule has 2 atom stereocenters. The molecule has 4 heterocycles. The summed E-state index contributed by atoms with van der Waals surface area (Å²) in [5.74, 6) is -6.24. The van der Waals surface area contributed by atoms with Crippen molar-refractivity contribution >= 4 is 56.2 Å². The molecule has 0 aromatic carbocycles. The van der Waals surface area contributed by atoms with Gasteiger partial charge in [-0.25, -0.2) is 14.1 Å². The second-order valence-electron chi connectivity index (χ2n) is 9.59. The number of nitrogens with one attached hydrogen (secondary N) is 2. The highest BCUT2D eigenvalue weighted by atomic mass is 32.2. The largest absolute Gasteiger partial charge is 0.503 e. The number of oxime groups is 1. The number of nitrogens with zero attached hydrogens (tertiary/aromatic N) is 5. The Hall–Kier alpha value is -5.55. The zero-order valence-corrected chi connectivity index (χ0v) is 24.4. The van der Waals surface area contributed by atoms with E-state index >= 15 is 0 Å². The highest BCUT2D eigenvalue weighted by Crippen LogP contribution is 2.25. The minimum atomic E-state index is -5.18. The summed E-state index contributed by atoms with van der Waals surface area (Å²) in [4.78, 5) is 70.5. The fraction of sp³-hybridized carbons (Fsp3) is 0.273. The van der Waals surface area contributed by atoms with Gasteiger partial charge >= 0.3 is 16.3 Å². The van der Waals surface area contributed by atoms with Crippen LogP contribution in [-0.2, 0) is 29.5 Å². The van der Waals surface area contributed by atoms with Crippen LogP contribution in [0.2, 0.25) is 0 Å². The highest BCUT2D eigenvalue weighted by Gasteiger charge is 2.54. The number of aliphatic carboxylic acids is 1. The molecule has 3 amide bonds. The smallest absolute Gasteiger partial charge is 0.362 e. The number of rotatable bonds is 11. The third-order valence-electron chi connectivity index (χ3n) is 6.04. The van der Waals surface area contributed by atoms with Gasteiger partial charge in [-0.3, -0.25) is 23.7 Å². The van der Waals surface area contributed by atoms with Gasteiger partial charge in [-0.1, -0.05) is 10.3 Å². The summed E-state index contributed by atoms with van der Waals surface area (Å²) in [5.41, 5.74) is 1.53. The first-order valence-corrected chi connectivity index (χ1v) is 14.4. The average Bonchev–Trinajstić information content (AvgIpc) is 3.60. The lowest BCUT2D eigenvalue weighted by molar-refractivity contribution is -0.161. The summed E-state index contributed by atoms with van der Waals surface area (Å²) in [6.07, 6.45) is 0.677. The predicted molar refractivity (Wildman–Crippen MR) is 147 cm³/mol. The SMILES string of the molecule is CC(C)(ON=C(C(=O)N[C@@H]1C(=O)N(S(=O)(=O)O)[C@H]1CNC(=O)c1cc(-c2cc(=O)c(O)cn2O)no1)c1csc(N)n1)C(=O)O. The molecule has 1 aliphatic heterocycles. The molecule has 1 saturated heterocycles. The quantitative estimate of drug-likeness (QED) is 0.0381. The van der Waals surface area contributed by atoms with E-state index in [1.807, 2.05) is 0 Å². The summed E-state index contributed by atoms with van der Waals surface area (Å²) >= 11 is 0.888. The molecule has 0 radical (unpaired) electrons. The standard InChI is InChI=1S/C22H22N8O13S2/c1-22(2,20(36)37)43-28-15(9-7-44-21(23)25-9)18(34)26-16-11(30(19(16)35)45(39,40)41)5-24-17(33)14-3-8(27-42-14)10-4-12(31)13(32)6-29(10)38/h3-4,6-7,11,16,32,38H,5H2,1-2H3,(H2,23,25)(H,24,33)(H,26,34)(H,36,37)(H,39,40,41)/t11-,16-/m0/s1. The molecule has 240 valence electrons. The first-order valence-electron chi connectivity index (χ1n) is 12.1. The number of aromatic nitrogens is 3. The number of hydrogen-bond donors (Lipinski definition) is 7. The van der Waals surface area contributed by atoms with E-state index in [9.17, 15) is 52.4 Å². The van der Waals surface area contributed by atoms with Gasteiger partial charge in [-0.2, -0.15) is 13.1 Å². The van der Waals surface area contributed by atoms with Crippen molar-refractivity contribution in [2.45, 2.75) is 31.5 Å². The van der Waals surface area contributed by atoms with E-state index in [1.54, 1.807) is 0 Å². The zero-order chi connectivity index (χ0) is 33.4. The monoisotopic (exact) mass is 670 g/mol. The van der Waals surface area contributed by atoms with Crippen LogP contribution in [0.5, 0.6) is 5.75 Å². The summed E-state index contributed by atoms with van der Waals surface area (Å²) in [5, 5.41) is 41.4. The van der Waals surface area contributed by atoms with Gasteiger partial charge in [0.2, 0.25) is 16.8 Å². The van der Waals surface area contributed by atoms with Crippen LogP contribution >= 0.6 is 11.3 Å². The lowest BCUT2D eigenvalue weighted by atomic mass is 9.98. The van der Waals surface area contributed by atoms with Gasteiger partial charge in [0.15, 0.2) is 16.6 Å². The van der Waals surface area contributed by atoms with Crippen molar-refractivity contribution in [2.24, 2.45) is 5.16 Å². The van der Waals surface area contributed by atoms with Gasteiger partial charge in [0.25, 0.3) is 17.7 Å². The second-order valence-corrected chi connectivity index (χ2v) is 11.8. The van der Waals surface area contributed by atoms with Crippen molar-refractivity contribution in [1.82, 2.24) is 29.8 Å². The van der Waals surface area contributed by atoms with Crippen molar-refractivity contribution in [3.8, 4) is 17.1 Å². The number of β-lactam (4-membered cyclic amide) rings is 1. The molecule has 21 nitrogen and oxygen atoms in total. The maximum absolute atomic E-state index is 13.2. The number of amides is 3. The van der Waals surface area contributed by atoms with Crippen LogP contribution in [0.25, 0.3) is 11.4 Å². The maximum atomic E-state index is 13.2. The Balaban J connectivity index is 1.54. The van der Waals surface area contributed by atoms with E-state index in [2.05, 4.69) is 25.9 Å². The number of nitrogen functional groups attached to an aromatic ring is 1. The van der Waals surface area contributed by atoms with Crippen LogP contribution in [0, 0.1) is 0 Å². The molecule has 23 heteroatoms. The number of anilines is 1. The number of nitrogens with two attached hydrogens (primary N) is 1. The van der Waals surface area contributed by atoms with Gasteiger partial charge in [0, 0.05) is 24.1 Å². The van der Waals surface area contributed by atoms with Gasteiger partial charge in [0.1, 0.15) is 23.1 Å². The van der Waals surface area contributed by atoms with Crippen LogP contribution in [0.15, 0.2) is 38.2 Å². The summed E-state index contributed by atoms with van der Waals surface area (Å²) in [7, 11) is -5.18. The third kappa shape index (κ3) is 6.68. The Morgan fingerprint density at radius 2 is 1.96 bits per heavy atom. The number of carbonyl (C=O) groups excluding carboxylic acids is 3. The van der Waals surface area contributed by atoms with Gasteiger partial charge in [0.05, 0.1) is 12.2 Å². The van der Waals surface area contributed by atoms with Crippen molar-refractivity contribution in [1.29, 1.82) is 0 Å². The lowest BCUT2D eigenvalue weighted by Crippen LogP contribution is -2.74. The number of pyridine rings is 1. The summed E-state index contributed by atoms with van der Waals surface area (Å²) in [6.45, 7) is 1.56. The molecule has 8 N–H and O–H groups in total. The first-order chi connectivity index (χ1) is 20.9. The first kappa shape index (κ1) is 32.4. The Labute approximate surface area is 254 Å². The normalized spacial score (nSPS) is 17.0. The molecule has 0 spiro atoms. The van der Waals surface area contributed by atoms with Gasteiger partial charge < -0.3 is 41.1 Å². The molecule has 0 aliphatic carbocycles. The number of hydrogen-bond acceptors (Lipinski definition) is 16. The molecular weight excluding hydrogens is 648 g/mol. The minimum Gasteiger partial charge on any atom is -0.503 e. The Morgan fingerprint density at radius 1 is 1.27 bits per heavy atom.